The maximum Gasteiger partial charge on any atom is 0.255 e. The van der Waals surface area contributed by atoms with Crippen LogP contribution in [0.5, 0.6) is 0 Å². The monoisotopic (exact) mass is 368 g/mol. The molecule has 4 heterocycles. The van der Waals surface area contributed by atoms with Gasteiger partial charge in [-0.15, -0.1) is 0 Å². The van der Waals surface area contributed by atoms with Gasteiger partial charge < -0.3 is 10.2 Å². The van der Waals surface area contributed by atoms with E-state index >= 15 is 0 Å². The Kier molecular flexibility index (Phi) is 4.02. The Bertz CT molecular complexity index is 823. The van der Waals surface area contributed by atoms with Crippen molar-refractivity contribution < 1.29 is 14.4 Å². The first-order valence-electron chi connectivity index (χ1n) is 9.80. The molecule has 4 aliphatic heterocycles. The predicted molar refractivity (Wildman–Crippen MR) is 97.7 cm³/mol. The van der Waals surface area contributed by atoms with Gasteiger partial charge in [-0.05, 0) is 42.5 Å². The van der Waals surface area contributed by atoms with Gasteiger partial charge in [0.05, 0.1) is 0 Å². The van der Waals surface area contributed by atoms with Gasteiger partial charge in [0.2, 0.25) is 11.8 Å². The smallest absolute Gasteiger partial charge is 0.255 e. The van der Waals surface area contributed by atoms with Crippen molar-refractivity contribution in [3.05, 3.63) is 34.9 Å². The number of piperidine rings is 2. The van der Waals surface area contributed by atoms with Gasteiger partial charge in [0.15, 0.2) is 0 Å². The summed E-state index contributed by atoms with van der Waals surface area (Å²) in [5.41, 5.74) is 2.93. The van der Waals surface area contributed by atoms with E-state index < -0.39 is 6.04 Å². The van der Waals surface area contributed by atoms with E-state index in [9.17, 15) is 14.4 Å². The molecular weight excluding hydrogens is 344 g/mol. The summed E-state index contributed by atoms with van der Waals surface area (Å²) >= 11 is 0. The molecule has 3 fully saturated rings. The number of carbonyl (C=O) groups excluding carboxylic acids is 3. The van der Waals surface area contributed by atoms with E-state index in [2.05, 4.69) is 21.6 Å². The lowest BCUT2D eigenvalue weighted by molar-refractivity contribution is -0.136. The van der Waals surface area contributed by atoms with Crippen molar-refractivity contribution in [3.63, 3.8) is 0 Å². The van der Waals surface area contributed by atoms with Crippen LogP contribution in [0, 0.1) is 5.92 Å². The van der Waals surface area contributed by atoms with Crippen LogP contribution in [0.2, 0.25) is 0 Å². The Morgan fingerprint density at radius 1 is 1.15 bits per heavy atom. The van der Waals surface area contributed by atoms with Crippen molar-refractivity contribution in [2.45, 2.75) is 44.4 Å². The third kappa shape index (κ3) is 2.85. The molecule has 3 atom stereocenters. The molecule has 7 nitrogen and oxygen atoms in total. The number of nitrogens with zero attached hydrogens (tertiary/aromatic N) is 2. The van der Waals surface area contributed by atoms with E-state index in [1.807, 2.05) is 12.1 Å². The third-order valence-electron chi connectivity index (χ3n) is 6.48. The fourth-order valence-electron chi connectivity index (χ4n) is 5.11. The van der Waals surface area contributed by atoms with Gasteiger partial charge in [-0.1, -0.05) is 12.1 Å². The number of hydrogen-bond donors (Lipinski definition) is 2. The van der Waals surface area contributed by atoms with Crippen molar-refractivity contribution in [2.75, 3.05) is 19.6 Å². The molecule has 3 saturated heterocycles. The first-order valence-corrected chi connectivity index (χ1v) is 9.80. The molecule has 3 amide bonds. The van der Waals surface area contributed by atoms with Gasteiger partial charge in [-0.2, -0.15) is 0 Å². The minimum Gasteiger partial charge on any atom is -0.322 e. The highest BCUT2D eigenvalue weighted by Gasteiger charge is 2.40. The summed E-state index contributed by atoms with van der Waals surface area (Å²) in [5, 5.41) is 5.87. The molecule has 0 saturated carbocycles. The summed E-state index contributed by atoms with van der Waals surface area (Å²) in [5.74, 6) is 0.0218. The van der Waals surface area contributed by atoms with Crippen LogP contribution in [0.3, 0.4) is 0 Å². The number of hydrogen-bond acceptors (Lipinski definition) is 5. The first-order chi connectivity index (χ1) is 13.1. The molecule has 142 valence electrons. The van der Waals surface area contributed by atoms with E-state index in [1.165, 1.54) is 12.0 Å². The van der Waals surface area contributed by atoms with Crippen molar-refractivity contribution in [1.29, 1.82) is 0 Å². The second kappa shape index (κ2) is 6.42. The third-order valence-corrected chi connectivity index (χ3v) is 6.48. The van der Waals surface area contributed by atoms with Gasteiger partial charge in [0.1, 0.15) is 6.04 Å². The normalized spacial score (nSPS) is 30.6. The van der Waals surface area contributed by atoms with E-state index in [4.69, 9.17) is 0 Å². The fourth-order valence-corrected chi connectivity index (χ4v) is 5.11. The highest BCUT2D eigenvalue weighted by atomic mass is 16.2. The van der Waals surface area contributed by atoms with Crippen LogP contribution in [0.25, 0.3) is 0 Å². The standard InChI is InChI=1S/C20H24N4O3/c25-18-5-4-17(19(26)22-18)24-11-16-13(2-1-3-15(16)20(24)27)10-23-9-12-6-14(23)8-21-7-12/h1-3,12,14,17,21H,4-11H2,(H,22,25,26). The molecule has 4 aliphatic rings. The van der Waals surface area contributed by atoms with Crippen LogP contribution in [0.1, 0.15) is 40.7 Å². The van der Waals surface area contributed by atoms with Gasteiger partial charge >= 0.3 is 0 Å². The van der Waals surface area contributed by atoms with Crippen LogP contribution < -0.4 is 10.6 Å². The maximum atomic E-state index is 12.9. The number of likely N-dealkylation sites (tertiary alicyclic amines) is 1. The van der Waals surface area contributed by atoms with Crippen LogP contribution >= 0.6 is 0 Å². The average molecular weight is 368 g/mol. The molecule has 1 aromatic carbocycles. The minimum absolute atomic E-state index is 0.0943. The average Bonchev–Trinajstić information content (AvgIpc) is 3.12. The molecule has 0 aromatic heterocycles. The van der Waals surface area contributed by atoms with Crippen molar-refractivity contribution in [2.24, 2.45) is 5.92 Å². The predicted octanol–water partition coefficient (Wildman–Crippen LogP) is 0.241. The highest BCUT2D eigenvalue weighted by molar-refractivity contribution is 6.05. The van der Waals surface area contributed by atoms with E-state index in [0.29, 0.717) is 24.6 Å². The summed E-state index contributed by atoms with van der Waals surface area (Å²) < 4.78 is 0. The van der Waals surface area contributed by atoms with Crippen molar-refractivity contribution >= 4 is 17.7 Å². The van der Waals surface area contributed by atoms with Gasteiger partial charge in [0, 0.05) is 44.2 Å². The highest BCUT2D eigenvalue weighted by Crippen LogP contribution is 2.33. The zero-order valence-electron chi connectivity index (χ0n) is 15.2. The largest absolute Gasteiger partial charge is 0.322 e. The number of nitrogens with one attached hydrogen (secondary N) is 2. The quantitative estimate of drug-likeness (QED) is 0.747. The van der Waals surface area contributed by atoms with Crippen LogP contribution in [0.15, 0.2) is 18.2 Å². The Morgan fingerprint density at radius 2 is 2.04 bits per heavy atom. The number of benzene rings is 1. The molecule has 5 rings (SSSR count). The SMILES string of the molecule is O=C1CCC(N2Cc3c(CN4CC5CNCC4C5)cccc3C2=O)C(=O)N1. The second-order valence-corrected chi connectivity index (χ2v) is 8.19. The molecule has 3 unspecified atom stereocenters. The summed E-state index contributed by atoms with van der Waals surface area (Å²) in [6.07, 6.45) is 1.94. The van der Waals surface area contributed by atoms with E-state index in [-0.39, 0.29) is 24.1 Å². The number of imide groups is 1. The zero-order chi connectivity index (χ0) is 18.5. The van der Waals surface area contributed by atoms with Crippen molar-refractivity contribution in [1.82, 2.24) is 20.4 Å². The summed E-state index contributed by atoms with van der Waals surface area (Å²) in [4.78, 5) is 40.8. The maximum absolute atomic E-state index is 12.9. The zero-order valence-corrected chi connectivity index (χ0v) is 15.2. The first kappa shape index (κ1) is 16.9. The molecule has 1 aromatic rings. The fraction of sp³-hybridized carbons (Fsp3) is 0.550. The van der Waals surface area contributed by atoms with E-state index in [0.717, 1.165) is 37.7 Å². The minimum atomic E-state index is -0.550. The van der Waals surface area contributed by atoms with Gasteiger partial charge in [-0.25, -0.2) is 0 Å². The lowest BCUT2D eigenvalue weighted by atomic mass is 10.0. The molecule has 7 heteroatoms. The lowest BCUT2D eigenvalue weighted by Crippen LogP contribution is -2.52. The summed E-state index contributed by atoms with van der Waals surface area (Å²) in [7, 11) is 0. The van der Waals surface area contributed by atoms with Crippen LogP contribution in [-0.2, 0) is 22.7 Å². The van der Waals surface area contributed by atoms with Crippen molar-refractivity contribution in [3.8, 4) is 0 Å². The van der Waals surface area contributed by atoms with Crippen LogP contribution in [0.4, 0.5) is 0 Å². The summed E-state index contributed by atoms with van der Waals surface area (Å²) in [6.45, 7) is 4.54. The van der Waals surface area contributed by atoms with Gasteiger partial charge in [0.25, 0.3) is 5.91 Å². The Labute approximate surface area is 158 Å². The molecule has 0 aliphatic carbocycles. The lowest BCUT2D eigenvalue weighted by Gasteiger charge is -2.29. The molecule has 2 N–H and O–H groups in total. The molecular formula is C20H24N4O3. The number of carbonyl (C=O) groups is 3. The molecule has 2 bridgehead atoms. The topological polar surface area (TPSA) is 81.8 Å². The van der Waals surface area contributed by atoms with E-state index in [1.54, 1.807) is 4.90 Å². The second-order valence-electron chi connectivity index (χ2n) is 8.19. The number of amides is 3. The Balaban J connectivity index is 1.38. The van der Waals surface area contributed by atoms with Crippen LogP contribution in [-0.4, -0.2) is 59.2 Å². The Hall–Kier alpha value is -2.25. The van der Waals surface area contributed by atoms with Gasteiger partial charge in [-0.3, -0.25) is 24.6 Å². The Morgan fingerprint density at radius 3 is 2.85 bits per heavy atom. The number of fused-ring (bicyclic) bond motifs is 3. The molecule has 0 radical (unpaired) electrons. The molecule has 27 heavy (non-hydrogen) atoms. The number of rotatable bonds is 3. The molecule has 0 spiro atoms. The summed E-state index contributed by atoms with van der Waals surface area (Å²) in [6, 6.07) is 5.93.